The summed E-state index contributed by atoms with van der Waals surface area (Å²) < 4.78 is 0. The van der Waals surface area contributed by atoms with Gasteiger partial charge in [-0.15, -0.1) is 0 Å². The first-order valence-electron chi connectivity index (χ1n) is 3.91. The van der Waals surface area contributed by atoms with E-state index >= 15 is 0 Å². The molecule has 13 heavy (non-hydrogen) atoms. The molecule has 1 heterocycles. The fourth-order valence-electron chi connectivity index (χ4n) is 0.809. The van der Waals surface area contributed by atoms with Crippen LogP contribution in [0.3, 0.4) is 0 Å². The smallest absolute Gasteiger partial charge is 0.356 e. The van der Waals surface area contributed by atoms with Crippen molar-refractivity contribution >= 4 is 11.8 Å². The van der Waals surface area contributed by atoms with Crippen molar-refractivity contribution in [2.24, 2.45) is 0 Å². The van der Waals surface area contributed by atoms with E-state index in [1.165, 1.54) is 12.4 Å². The Kier molecular flexibility index (Phi) is 2.79. The molecule has 0 atom stereocenters. The topological polar surface area (TPSA) is 75.1 Å². The van der Waals surface area contributed by atoms with Gasteiger partial charge in [0.15, 0.2) is 5.69 Å². The quantitative estimate of drug-likeness (QED) is 0.727. The van der Waals surface area contributed by atoms with Gasteiger partial charge in [0.25, 0.3) is 0 Å². The molecule has 1 aromatic heterocycles. The van der Waals surface area contributed by atoms with Gasteiger partial charge in [-0.05, 0) is 13.8 Å². The van der Waals surface area contributed by atoms with Crippen molar-refractivity contribution in [3.63, 3.8) is 0 Å². The molecule has 0 fully saturated rings. The lowest BCUT2D eigenvalue weighted by Gasteiger charge is -2.07. The maximum atomic E-state index is 10.4. The van der Waals surface area contributed by atoms with E-state index in [0.717, 1.165) is 0 Å². The third kappa shape index (κ3) is 2.70. The first kappa shape index (κ1) is 9.44. The molecule has 5 heteroatoms. The lowest BCUT2D eigenvalue weighted by atomic mass is 10.4. The second-order valence-corrected chi connectivity index (χ2v) is 2.89. The van der Waals surface area contributed by atoms with Gasteiger partial charge in [-0.3, -0.25) is 0 Å². The van der Waals surface area contributed by atoms with Crippen molar-refractivity contribution in [1.29, 1.82) is 0 Å². The van der Waals surface area contributed by atoms with Crippen LogP contribution in [0.15, 0.2) is 12.4 Å². The predicted molar refractivity (Wildman–Crippen MR) is 47.8 cm³/mol. The van der Waals surface area contributed by atoms with Crippen molar-refractivity contribution in [3.05, 3.63) is 18.1 Å². The summed E-state index contributed by atoms with van der Waals surface area (Å²) in [5.74, 6) is -0.483. The zero-order valence-corrected chi connectivity index (χ0v) is 7.48. The first-order valence-corrected chi connectivity index (χ1v) is 3.91. The molecular formula is C8H11N3O2. The monoisotopic (exact) mass is 181 g/mol. The van der Waals surface area contributed by atoms with E-state index in [4.69, 9.17) is 5.11 Å². The van der Waals surface area contributed by atoms with Gasteiger partial charge in [-0.2, -0.15) is 0 Å². The SMILES string of the molecule is CC(C)Nc1cnc(C(=O)O)cn1. The van der Waals surface area contributed by atoms with Crippen LogP contribution in [0.5, 0.6) is 0 Å². The number of aromatic nitrogens is 2. The van der Waals surface area contributed by atoms with E-state index in [2.05, 4.69) is 15.3 Å². The number of rotatable bonds is 3. The van der Waals surface area contributed by atoms with Crippen LogP contribution in [0, 0.1) is 0 Å². The third-order valence-electron chi connectivity index (χ3n) is 1.31. The summed E-state index contributed by atoms with van der Waals surface area (Å²) in [5, 5.41) is 11.5. The molecule has 0 saturated heterocycles. The average molecular weight is 181 g/mol. The molecule has 0 saturated carbocycles. The van der Waals surface area contributed by atoms with Crippen molar-refractivity contribution in [2.45, 2.75) is 19.9 Å². The Hall–Kier alpha value is -1.65. The van der Waals surface area contributed by atoms with Gasteiger partial charge in [0, 0.05) is 6.04 Å². The minimum Gasteiger partial charge on any atom is -0.476 e. The molecule has 2 N–H and O–H groups in total. The standard InChI is InChI=1S/C8H11N3O2/c1-5(2)11-7-4-9-6(3-10-7)8(12)13/h3-5H,1-2H3,(H,10,11)(H,12,13). The largest absolute Gasteiger partial charge is 0.476 e. The molecule has 0 unspecified atom stereocenters. The van der Waals surface area contributed by atoms with E-state index in [-0.39, 0.29) is 11.7 Å². The van der Waals surface area contributed by atoms with Crippen LogP contribution in [-0.4, -0.2) is 27.1 Å². The molecule has 0 radical (unpaired) electrons. The number of aromatic carboxylic acids is 1. The van der Waals surface area contributed by atoms with E-state index in [9.17, 15) is 4.79 Å². The lowest BCUT2D eigenvalue weighted by molar-refractivity contribution is 0.0690. The van der Waals surface area contributed by atoms with Crippen LogP contribution in [-0.2, 0) is 0 Å². The molecule has 0 bridgehead atoms. The van der Waals surface area contributed by atoms with Gasteiger partial charge in [0.05, 0.1) is 12.4 Å². The number of nitrogens with one attached hydrogen (secondary N) is 1. The third-order valence-corrected chi connectivity index (χ3v) is 1.31. The fraction of sp³-hybridized carbons (Fsp3) is 0.375. The molecule has 0 aliphatic rings. The van der Waals surface area contributed by atoms with E-state index in [0.29, 0.717) is 5.82 Å². The van der Waals surface area contributed by atoms with Crippen molar-refractivity contribution in [2.75, 3.05) is 5.32 Å². The summed E-state index contributed by atoms with van der Waals surface area (Å²) >= 11 is 0. The highest BCUT2D eigenvalue weighted by Gasteiger charge is 2.04. The van der Waals surface area contributed by atoms with E-state index in [1.54, 1.807) is 0 Å². The Morgan fingerprint density at radius 3 is 2.54 bits per heavy atom. The molecule has 5 nitrogen and oxygen atoms in total. The maximum Gasteiger partial charge on any atom is 0.356 e. The Bertz CT molecular complexity index is 295. The molecule has 70 valence electrons. The summed E-state index contributed by atoms with van der Waals surface area (Å²) in [5.41, 5.74) is -0.0469. The second-order valence-electron chi connectivity index (χ2n) is 2.89. The fourth-order valence-corrected chi connectivity index (χ4v) is 0.809. The molecule has 0 aliphatic carbocycles. The highest BCUT2D eigenvalue weighted by Crippen LogP contribution is 2.02. The van der Waals surface area contributed by atoms with Crippen LogP contribution in [0.1, 0.15) is 24.3 Å². The number of carboxylic acid groups (broad SMARTS) is 1. The van der Waals surface area contributed by atoms with Crippen molar-refractivity contribution in [3.8, 4) is 0 Å². The van der Waals surface area contributed by atoms with Crippen LogP contribution < -0.4 is 5.32 Å². The number of carboxylic acids is 1. The Morgan fingerprint density at radius 1 is 1.46 bits per heavy atom. The normalized spacial score (nSPS) is 10.1. The number of nitrogens with zero attached hydrogens (tertiary/aromatic N) is 2. The molecule has 1 aromatic rings. The minimum atomic E-state index is -1.07. The van der Waals surface area contributed by atoms with Crippen LogP contribution in [0.4, 0.5) is 5.82 Å². The van der Waals surface area contributed by atoms with Crippen LogP contribution >= 0.6 is 0 Å². The first-order chi connectivity index (χ1) is 6.09. The molecule has 0 aliphatic heterocycles. The highest BCUT2D eigenvalue weighted by molar-refractivity contribution is 5.84. The zero-order chi connectivity index (χ0) is 9.84. The van der Waals surface area contributed by atoms with Gasteiger partial charge in [0.1, 0.15) is 5.82 Å². The van der Waals surface area contributed by atoms with E-state index in [1.807, 2.05) is 13.8 Å². The molecule has 0 spiro atoms. The number of hydrogen-bond acceptors (Lipinski definition) is 4. The number of anilines is 1. The Morgan fingerprint density at radius 2 is 2.15 bits per heavy atom. The zero-order valence-electron chi connectivity index (χ0n) is 7.48. The molecular weight excluding hydrogens is 170 g/mol. The van der Waals surface area contributed by atoms with E-state index < -0.39 is 5.97 Å². The van der Waals surface area contributed by atoms with Crippen molar-refractivity contribution < 1.29 is 9.90 Å². The molecule has 1 rings (SSSR count). The van der Waals surface area contributed by atoms with Crippen LogP contribution in [0.2, 0.25) is 0 Å². The summed E-state index contributed by atoms with van der Waals surface area (Å²) in [7, 11) is 0. The summed E-state index contributed by atoms with van der Waals surface area (Å²) in [4.78, 5) is 18.0. The van der Waals surface area contributed by atoms with Crippen LogP contribution in [0.25, 0.3) is 0 Å². The summed E-state index contributed by atoms with van der Waals surface area (Å²) in [6, 6.07) is 0.255. The maximum absolute atomic E-state index is 10.4. The highest BCUT2D eigenvalue weighted by atomic mass is 16.4. The number of hydrogen-bond donors (Lipinski definition) is 2. The molecule has 0 amide bonds. The average Bonchev–Trinajstić information content (AvgIpc) is 2.04. The van der Waals surface area contributed by atoms with Crippen molar-refractivity contribution in [1.82, 2.24) is 9.97 Å². The number of carbonyl (C=O) groups is 1. The summed E-state index contributed by atoms with van der Waals surface area (Å²) in [6.07, 6.45) is 2.64. The van der Waals surface area contributed by atoms with Gasteiger partial charge in [0.2, 0.25) is 0 Å². The minimum absolute atomic E-state index is 0.0469. The van der Waals surface area contributed by atoms with Gasteiger partial charge in [-0.1, -0.05) is 0 Å². The second kappa shape index (κ2) is 3.84. The Labute approximate surface area is 75.8 Å². The summed E-state index contributed by atoms with van der Waals surface area (Å²) in [6.45, 7) is 3.93. The van der Waals surface area contributed by atoms with Gasteiger partial charge < -0.3 is 10.4 Å². The van der Waals surface area contributed by atoms with Gasteiger partial charge >= 0.3 is 5.97 Å². The van der Waals surface area contributed by atoms with Gasteiger partial charge in [-0.25, -0.2) is 14.8 Å². The lowest BCUT2D eigenvalue weighted by Crippen LogP contribution is -2.12. The predicted octanol–water partition coefficient (Wildman–Crippen LogP) is 0.995. The molecule has 0 aromatic carbocycles. The Balaban J connectivity index is 2.75.